The molecule has 0 unspecified atom stereocenters. The van der Waals surface area contributed by atoms with Gasteiger partial charge in [-0.1, -0.05) is 17.7 Å². The summed E-state index contributed by atoms with van der Waals surface area (Å²) in [6, 6.07) is 12.6. The molecule has 1 fully saturated rings. The number of methoxy groups -OCH3 is 1. The smallest absolute Gasteiger partial charge is 0.174 e. The second kappa shape index (κ2) is 8.86. The minimum absolute atomic E-state index is 0.119. The maximum atomic E-state index is 10.7. The van der Waals surface area contributed by atoms with Gasteiger partial charge in [0.1, 0.15) is 5.75 Å². The number of hydrogen-bond donors (Lipinski definition) is 2. The molecule has 0 bridgehead atoms. The zero-order valence-electron chi connectivity index (χ0n) is 17.7. The van der Waals surface area contributed by atoms with Gasteiger partial charge in [0.05, 0.1) is 30.1 Å². The van der Waals surface area contributed by atoms with Crippen LogP contribution in [0, 0.1) is 13.8 Å². The molecule has 0 spiro atoms. The molecule has 3 heterocycles. The highest BCUT2D eigenvalue weighted by atomic mass is 35.5. The van der Waals surface area contributed by atoms with Crippen LogP contribution >= 0.6 is 23.8 Å². The molecule has 2 N–H and O–H groups in total. The van der Waals surface area contributed by atoms with E-state index in [0.29, 0.717) is 22.4 Å². The van der Waals surface area contributed by atoms with Gasteiger partial charge in [0, 0.05) is 36.3 Å². The van der Waals surface area contributed by atoms with Crippen LogP contribution in [0.3, 0.4) is 0 Å². The summed E-state index contributed by atoms with van der Waals surface area (Å²) in [4.78, 5) is 6.53. The molecular weight excluding hydrogens is 432 g/mol. The lowest BCUT2D eigenvalue weighted by Gasteiger charge is -2.28. The Hall–Kier alpha value is -2.61. The first-order valence-electron chi connectivity index (χ1n) is 10.1. The number of benzene rings is 1. The highest BCUT2D eigenvalue weighted by Crippen LogP contribution is 2.46. The van der Waals surface area contributed by atoms with E-state index in [9.17, 15) is 5.11 Å². The van der Waals surface area contributed by atoms with E-state index in [4.69, 9.17) is 28.6 Å². The number of nitrogens with one attached hydrogen (secondary N) is 1. The molecule has 0 radical (unpaired) electrons. The van der Waals surface area contributed by atoms with Gasteiger partial charge in [-0.3, -0.25) is 4.98 Å². The van der Waals surface area contributed by atoms with E-state index in [1.165, 1.54) is 0 Å². The van der Waals surface area contributed by atoms with Gasteiger partial charge < -0.3 is 24.6 Å². The molecule has 2 aromatic heterocycles. The van der Waals surface area contributed by atoms with E-state index in [2.05, 4.69) is 34.8 Å². The summed E-state index contributed by atoms with van der Waals surface area (Å²) >= 11 is 12.0. The number of ether oxygens (including phenoxy) is 1. The van der Waals surface area contributed by atoms with E-state index in [0.717, 1.165) is 29.2 Å². The first kappa shape index (κ1) is 21.6. The summed E-state index contributed by atoms with van der Waals surface area (Å²) in [6.07, 6.45) is 1.78. The molecule has 4 rings (SSSR count). The van der Waals surface area contributed by atoms with E-state index in [-0.39, 0.29) is 17.8 Å². The largest absolute Gasteiger partial charge is 0.506 e. The van der Waals surface area contributed by atoms with Gasteiger partial charge in [0.15, 0.2) is 5.11 Å². The number of nitrogens with zero attached hydrogens (tertiary/aromatic N) is 3. The Balaban J connectivity index is 1.88. The number of aromatic hydroxyl groups is 1. The van der Waals surface area contributed by atoms with Gasteiger partial charge in [-0.25, -0.2) is 0 Å². The van der Waals surface area contributed by atoms with Crippen molar-refractivity contribution in [2.24, 2.45) is 0 Å². The summed E-state index contributed by atoms with van der Waals surface area (Å²) in [6.45, 7) is 5.57. The maximum absolute atomic E-state index is 10.7. The Labute approximate surface area is 192 Å². The average Bonchev–Trinajstić information content (AvgIpc) is 3.24. The number of anilines is 1. The zero-order chi connectivity index (χ0) is 22.1. The highest BCUT2D eigenvalue weighted by molar-refractivity contribution is 7.80. The number of aromatic nitrogens is 2. The van der Waals surface area contributed by atoms with Crippen molar-refractivity contribution in [3.63, 3.8) is 0 Å². The van der Waals surface area contributed by atoms with Crippen LogP contribution in [-0.4, -0.2) is 33.5 Å². The van der Waals surface area contributed by atoms with Crippen molar-refractivity contribution in [2.75, 3.05) is 18.6 Å². The fourth-order valence-electron chi connectivity index (χ4n) is 4.27. The molecule has 1 aromatic carbocycles. The molecule has 0 aliphatic carbocycles. The molecule has 3 aromatic rings. The van der Waals surface area contributed by atoms with Crippen molar-refractivity contribution >= 4 is 34.6 Å². The van der Waals surface area contributed by atoms with Crippen LogP contribution in [0.4, 0.5) is 5.69 Å². The third-order valence-electron chi connectivity index (χ3n) is 5.75. The number of halogens is 1. The van der Waals surface area contributed by atoms with E-state index in [1.54, 1.807) is 31.5 Å². The van der Waals surface area contributed by atoms with E-state index in [1.807, 2.05) is 23.1 Å². The Bertz CT molecular complexity index is 1100. The number of phenolic OH excluding ortho intramolecular Hbond substituents is 1. The lowest BCUT2D eigenvalue weighted by molar-refractivity contribution is 0.186. The third kappa shape index (κ3) is 4.01. The second-order valence-electron chi connectivity index (χ2n) is 7.60. The molecular formula is C23H25ClN4O2S. The monoisotopic (exact) mass is 456 g/mol. The molecule has 0 saturated carbocycles. The Kier molecular flexibility index (Phi) is 6.18. The number of rotatable bonds is 6. The van der Waals surface area contributed by atoms with Crippen LogP contribution in [-0.2, 0) is 11.3 Å². The van der Waals surface area contributed by atoms with E-state index < -0.39 is 0 Å². The predicted molar refractivity (Wildman–Crippen MR) is 127 cm³/mol. The van der Waals surface area contributed by atoms with Gasteiger partial charge in [-0.15, -0.1) is 0 Å². The van der Waals surface area contributed by atoms with Gasteiger partial charge in [0.2, 0.25) is 0 Å². The van der Waals surface area contributed by atoms with Gasteiger partial charge >= 0.3 is 0 Å². The predicted octanol–water partition coefficient (Wildman–Crippen LogP) is 4.68. The third-order valence-corrected chi connectivity index (χ3v) is 6.30. The first-order chi connectivity index (χ1) is 14.9. The molecule has 1 aliphatic rings. The Morgan fingerprint density at radius 2 is 2.03 bits per heavy atom. The van der Waals surface area contributed by atoms with E-state index >= 15 is 0 Å². The zero-order valence-corrected chi connectivity index (χ0v) is 19.2. The molecule has 6 nitrogen and oxygen atoms in total. The Morgan fingerprint density at radius 3 is 2.74 bits per heavy atom. The quantitative estimate of drug-likeness (QED) is 0.525. The number of hydrogen-bond acceptors (Lipinski definition) is 4. The normalized spacial score (nSPS) is 18.5. The molecule has 0 amide bonds. The lowest BCUT2D eigenvalue weighted by Crippen LogP contribution is -2.29. The van der Waals surface area contributed by atoms with Crippen molar-refractivity contribution in [3.8, 4) is 5.75 Å². The molecule has 2 atom stereocenters. The summed E-state index contributed by atoms with van der Waals surface area (Å²) in [5.74, 6) is 0.119. The summed E-state index contributed by atoms with van der Waals surface area (Å²) < 4.78 is 7.54. The minimum Gasteiger partial charge on any atom is -0.506 e. The molecule has 8 heteroatoms. The topological polar surface area (TPSA) is 62.5 Å². The van der Waals surface area contributed by atoms with Crippen molar-refractivity contribution in [3.05, 3.63) is 76.3 Å². The summed E-state index contributed by atoms with van der Waals surface area (Å²) in [7, 11) is 1.70. The fraction of sp³-hybridized carbons (Fsp3) is 0.304. The Morgan fingerprint density at radius 1 is 1.23 bits per heavy atom. The maximum Gasteiger partial charge on any atom is 0.174 e. The van der Waals surface area contributed by atoms with Gasteiger partial charge in [0.25, 0.3) is 0 Å². The van der Waals surface area contributed by atoms with Crippen LogP contribution in [0.2, 0.25) is 5.02 Å². The summed E-state index contributed by atoms with van der Waals surface area (Å²) in [5.41, 5.74) is 4.81. The molecule has 1 saturated heterocycles. The fourth-order valence-corrected chi connectivity index (χ4v) is 4.78. The van der Waals surface area contributed by atoms with Crippen molar-refractivity contribution in [1.82, 2.24) is 14.9 Å². The lowest BCUT2D eigenvalue weighted by atomic mass is 9.96. The van der Waals surface area contributed by atoms with Crippen LogP contribution < -0.4 is 10.2 Å². The average molecular weight is 457 g/mol. The first-order valence-corrected chi connectivity index (χ1v) is 10.9. The van der Waals surface area contributed by atoms with Crippen molar-refractivity contribution in [2.45, 2.75) is 32.5 Å². The van der Waals surface area contributed by atoms with Crippen molar-refractivity contribution in [1.29, 1.82) is 0 Å². The number of phenols is 1. The van der Waals surface area contributed by atoms with Crippen LogP contribution in [0.1, 0.15) is 34.7 Å². The summed E-state index contributed by atoms with van der Waals surface area (Å²) in [5, 5.41) is 15.1. The SMILES string of the molecule is COCCn1c(C)cc([C@H]2[C@@H](c3ccccn3)NC(=S)N2c2cc(Cl)ccc2O)c1C. The van der Waals surface area contributed by atoms with Crippen LogP contribution in [0.25, 0.3) is 0 Å². The van der Waals surface area contributed by atoms with Gasteiger partial charge in [-0.2, -0.15) is 0 Å². The number of thiocarbonyl (C=S) groups is 1. The van der Waals surface area contributed by atoms with Crippen molar-refractivity contribution < 1.29 is 9.84 Å². The van der Waals surface area contributed by atoms with Crippen LogP contribution in [0.5, 0.6) is 5.75 Å². The number of pyridine rings is 1. The molecule has 1 aliphatic heterocycles. The standard InChI is InChI=1S/C23H25ClN4O2S/c1-14-12-17(15(2)27(14)10-11-30-3)22-21(18-6-4-5-9-25-18)26-23(31)28(22)19-13-16(24)7-8-20(19)29/h4-9,12-13,21-22,29H,10-11H2,1-3H3,(H,26,31)/t21-,22+/m1/s1. The second-order valence-corrected chi connectivity index (χ2v) is 8.42. The molecule has 31 heavy (non-hydrogen) atoms. The highest BCUT2D eigenvalue weighted by Gasteiger charge is 2.43. The molecule has 162 valence electrons. The number of aryl methyl sites for hydroxylation is 1. The van der Waals surface area contributed by atoms with Crippen LogP contribution in [0.15, 0.2) is 48.7 Å². The minimum atomic E-state index is -0.214. The van der Waals surface area contributed by atoms with Gasteiger partial charge in [-0.05, 0) is 68.0 Å².